The Bertz CT molecular complexity index is 1470. The molecule has 0 bridgehead atoms. The van der Waals surface area contributed by atoms with Crippen molar-refractivity contribution in [1.29, 1.82) is 0 Å². The summed E-state index contributed by atoms with van der Waals surface area (Å²) in [6.45, 7) is 4.08. The molecule has 1 amide bonds. The van der Waals surface area contributed by atoms with E-state index < -0.39 is 12.4 Å². The molecule has 0 aliphatic carbocycles. The summed E-state index contributed by atoms with van der Waals surface area (Å²) in [4.78, 5) is 32.0. The van der Waals surface area contributed by atoms with Crippen LogP contribution in [0.25, 0.3) is 16.7 Å². The van der Waals surface area contributed by atoms with Gasteiger partial charge in [0.25, 0.3) is 11.5 Å². The smallest absolute Gasteiger partial charge is 0.464 e. The Hall–Kier alpha value is -4.02. The van der Waals surface area contributed by atoms with Gasteiger partial charge in [-0.25, -0.2) is 4.98 Å². The van der Waals surface area contributed by atoms with Crippen molar-refractivity contribution in [1.82, 2.24) is 19.0 Å². The van der Waals surface area contributed by atoms with Gasteiger partial charge in [-0.3, -0.25) is 9.59 Å². The molecule has 8 nitrogen and oxygen atoms in total. The number of halogens is 3. The first-order valence-electron chi connectivity index (χ1n) is 10.4. The zero-order chi connectivity index (χ0) is 24.2. The van der Waals surface area contributed by atoms with Gasteiger partial charge in [-0.1, -0.05) is 0 Å². The SMILES string of the molecule is Cc1cn(-c2ccc3n(c2=O)CCN([C@@H](C)c2coc4ccc(OC(F)(F)F)cc24)C3=O)cn1. The predicted molar refractivity (Wildman–Crippen MR) is 115 cm³/mol. The first-order chi connectivity index (χ1) is 16.1. The van der Waals surface area contributed by atoms with Crippen molar-refractivity contribution < 1.29 is 27.1 Å². The van der Waals surface area contributed by atoms with Crippen molar-refractivity contribution in [2.75, 3.05) is 6.54 Å². The number of aromatic nitrogens is 3. The van der Waals surface area contributed by atoms with Gasteiger partial charge in [0.1, 0.15) is 22.7 Å². The van der Waals surface area contributed by atoms with Crippen LogP contribution in [0.1, 0.15) is 34.7 Å². The topological polar surface area (TPSA) is 82.5 Å². The molecule has 11 heteroatoms. The maximum absolute atomic E-state index is 13.3. The van der Waals surface area contributed by atoms with Gasteiger partial charge in [-0.05, 0) is 44.2 Å². The van der Waals surface area contributed by atoms with Gasteiger partial charge >= 0.3 is 6.36 Å². The summed E-state index contributed by atoms with van der Waals surface area (Å²) in [6, 6.07) is 6.45. The lowest BCUT2D eigenvalue weighted by Gasteiger charge is -2.34. The van der Waals surface area contributed by atoms with E-state index in [9.17, 15) is 22.8 Å². The van der Waals surface area contributed by atoms with E-state index >= 15 is 0 Å². The summed E-state index contributed by atoms with van der Waals surface area (Å²) in [5.41, 5.74) is 1.98. The molecule has 1 atom stereocenters. The average molecular weight is 472 g/mol. The van der Waals surface area contributed by atoms with Gasteiger partial charge in [0, 0.05) is 30.2 Å². The van der Waals surface area contributed by atoms with E-state index in [1.807, 2.05) is 6.92 Å². The predicted octanol–water partition coefficient (Wildman–Crippen LogP) is 4.20. The largest absolute Gasteiger partial charge is 0.573 e. The number of furan rings is 1. The summed E-state index contributed by atoms with van der Waals surface area (Å²) < 4.78 is 50.5. The summed E-state index contributed by atoms with van der Waals surface area (Å²) in [5.74, 6) is -0.736. The van der Waals surface area contributed by atoms with Crippen LogP contribution in [0, 0.1) is 6.92 Å². The van der Waals surface area contributed by atoms with Crippen LogP contribution in [0.3, 0.4) is 0 Å². The minimum absolute atomic E-state index is 0.234. The molecule has 0 N–H and O–H groups in total. The highest BCUT2D eigenvalue weighted by Crippen LogP contribution is 2.35. The Morgan fingerprint density at radius 1 is 1.15 bits per heavy atom. The Morgan fingerprint density at radius 3 is 2.65 bits per heavy atom. The lowest BCUT2D eigenvalue weighted by atomic mass is 10.0. The van der Waals surface area contributed by atoms with Gasteiger partial charge in [0.2, 0.25) is 0 Å². The zero-order valence-electron chi connectivity index (χ0n) is 18.2. The van der Waals surface area contributed by atoms with Crippen molar-refractivity contribution in [2.24, 2.45) is 0 Å². The lowest BCUT2D eigenvalue weighted by Crippen LogP contribution is -2.45. The number of carbonyl (C=O) groups excluding carboxylic acids is 1. The standard InChI is InChI=1S/C23H19F3N4O4/c1-13-10-28(12-27-13)18-4-5-19-22(32)29(7-8-30(19)21(18)31)14(2)17-11-33-20-6-3-15(9-16(17)20)34-23(24,25)26/h3-6,9-12,14H,7-8H2,1-2H3/t14-/m0/s1. The molecule has 34 heavy (non-hydrogen) atoms. The second-order valence-electron chi connectivity index (χ2n) is 8.05. The number of aryl methyl sites for hydroxylation is 1. The second kappa shape index (κ2) is 7.79. The summed E-state index contributed by atoms with van der Waals surface area (Å²) in [5, 5.41) is 0.413. The molecule has 3 aromatic heterocycles. The third-order valence-corrected chi connectivity index (χ3v) is 5.91. The number of rotatable bonds is 4. The highest BCUT2D eigenvalue weighted by atomic mass is 19.4. The van der Waals surface area contributed by atoms with Crippen LogP contribution in [0.5, 0.6) is 5.75 Å². The van der Waals surface area contributed by atoms with Crippen LogP contribution in [0.2, 0.25) is 0 Å². The van der Waals surface area contributed by atoms with Crippen molar-refractivity contribution in [3.05, 3.63) is 76.4 Å². The monoisotopic (exact) mass is 472 g/mol. The van der Waals surface area contributed by atoms with Crippen molar-refractivity contribution in [2.45, 2.75) is 32.8 Å². The average Bonchev–Trinajstić information content (AvgIpc) is 3.39. The maximum atomic E-state index is 13.3. The molecule has 4 heterocycles. The Kier molecular flexibility index (Phi) is 4.99. The number of carbonyl (C=O) groups is 1. The Balaban J connectivity index is 1.47. The Labute approximate surface area is 190 Å². The quantitative estimate of drug-likeness (QED) is 0.445. The van der Waals surface area contributed by atoms with Crippen LogP contribution in [0.15, 0.2) is 58.3 Å². The molecule has 0 saturated heterocycles. The van der Waals surface area contributed by atoms with E-state index in [4.69, 9.17) is 4.42 Å². The molecule has 0 fully saturated rings. The molecule has 0 unspecified atom stereocenters. The number of nitrogens with zero attached hydrogens (tertiary/aromatic N) is 4. The molecule has 1 aromatic carbocycles. The van der Waals surface area contributed by atoms with Crippen LogP contribution >= 0.6 is 0 Å². The lowest BCUT2D eigenvalue weighted by molar-refractivity contribution is -0.274. The molecular weight excluding hydrogens is 453 g/mol. The third kappa shape index (κ3) is 3.72. The van der Waals surface area contributed by atoms with Crippen LogP contribution < -0.4 is 10.3 Å². The number of fused-ring (bicyclic) bond motifs is 2. The van der Waals surface area contributed by atoms with E-state index in [1.54, 1.807) is 41.0 Å². The minimum Gasteiger partial charge on any atom is -0.464 e. The number of benzene rings is 1. The summed E-state index contributed by atoms with van der Waals surface area (Å²) >= 11 is 0. The highest BCUT2D eigenvalue weighted by molar-refractivity contribution is 5.94. The van der Waals surface area contributed by atoms with Gasteiger partial charge in [-0.2, -0.15) is 0 Å². The van der Waals surface area contributed by atoms with E-state index in [0.29, 0.717) is 22.2 Å². The fourth-order valence-electron chi connectivity index (χ4n) is 4.27. The number of amides is 1. The number of ether oxygens (including phenoxy) is 1. The molecule has 0 radical (unpaired) electrons. The Morgan fingerprint density at radius 2 is 1.94 bits per heavy atom. The van der Waals surface area contributed by atoms with E-state index in [0.717, 1.165) is 5.69 Å². The fourth-order valence-corrected chi connectivity index (χ4v) is 4.27. The molecular formula is C23H19F3N4O4. The molecule has 5 rings (SSSR count). The van der Waals surface area contributed by atoms with Crippen molar-refractivity contribution in [3.63, 3.8) is 0 Å². The third-order valence-electron chi connectivity index (χ3n) is 5.91. The van der Waals surface area contributed by atoms with E-state index in [1.165, 1.54) is 29.0 Å². The summed E-state index contributed by atoms with van der Waals surface area (Å²) in [7, 11) is 0. The number of imidazole rings is 1. The molecule has 0 spiro atoms. The van der Waals surface area contributed by atoms with Crippen LogP contribution in [-0.2, 0) is 6.54 Å². The fraction of sp³-hybridized carbons (Fsp3) is 0.261. The van der Waals surface area contributed by atoms with E-state index in [-0.39, 0.29) is 36.0 Å². The normalized spacial score (nSPS) is 15.0. The molecule has 1 aliphatic rings. The number of hydrogen-bond acceptors (Lipinski definition) is 5. The van der Waals surface area contributed by atoms with Crippen molar-refractivity contribution in [3.8, 4) is 11.4 Å². The number of hydrogen-bond donors (Lipinski definition) is 0. The van der Waals surface area contributed by atoms with E-state index in [2.05, 4.69) is 9.72 Å². The number of pyridine rings is 1. The van der Waals surface area contributed by atoms with Gasteiger partial charge < -0.3 is 23.2 Å². The molecule has 176 valence electrons. The zero-order valence-corrected chi connectivity index (χ0v) is 18.2. The highest BCUT2D eigenvalue weighted by Gasteiger charge is 2.33. The minimum atomic E-state index is -4.82. The summed E-state index contributed by atoms with van der Waals surface area (Å²) in [6.07, 6.45) is -0.133. The molecule has 4 aromatic rings. The first-order valence-corrected chi connectivity index (χ1v) is 10.4. The molecule has 1 aliphatic heterocycles. The number of alkyl halides is 3. The molecule has 0 saturated carbocycles. The maximum Gasteiger partial charge on any atom is 0.573 e. The van der Waals surface area contributed by atoms with Crippen LogP contribution in [-0.4, -0.2) is 37.8 Å². The van der Waals surface area contributed by atoms with Gasteiger partial charge in [-0.15, -0.1) is 13.2 Å². The van der Waals surface area contributed by atoms with Crippen LogP contribution in [0.4, 0.5) is 13.2 Å². The van der Waals surface area contributed by atoms with Gasteiger partial charge in [0.15, 0.2) is 0 Å². The second-order valence-corrected chi connectivity index (χ2v) is 8.05. The van der Waals surface area contributed by atoms with Crippen molar-refractivity contribution >= 4 is 16.9 Å². The first kappa shape index (κ1) is 21.8. The van der Waals surface area contributed by atoms with Gasteiger partial charge in [0.05, 0.1) is 24.3 Å².